The smallest absolute Gasteiger partial charge is 0.260 e. The summed E-state index contributed by atoms with van der Waals surface area (Å²) in [7, 11) is 0. The van der Waals surface area contributed by atoms with Crippen molar-refractivity contribution in [3.63, 3.8) is 0 Å². The molecule has 0 fully saturated rings. The van der Waals surface area contributed by atoms with Crippen molar-refractivity contribution in [1.82, 2.24) is 10.5 Å². The number of aromatic nitrogens is 1. The van der Waals surface area contributed by atoms with Crippen LogP contribution in [0.3, 0.4) is 0 Å². The fraction of sp³-hybridized carbons (Fsp3) is 0.346. The molecule has 1 heterocycles. The summed E-state index contributed by atoms with van der Waals surface area (Å²) in [6.07, 6.45) is 2.34. The maximum atomic E-state index is 12.5. The second kappa shape index (κ2) is 15.2. The highest BCUT2D eigenvalue weighted by Crippen LogP contribution is 2.26. The molecule has 2 amide bonds. The van der Waals surface area contributed by atoms with Crippen LogP contribution in [0.15, 0.2) is 59.3 Å². The lowest BCUT2D eigenvalue weighted by atomic mass is 9.99. The molecule has 3 aromatic rings. The zero-order chi connectivity index (χ0) is 27.5. The Morgan fingerprint density at radius 1 is 1.11 bits per heavy atom. The van der Waals surface area contributed by atoms with Crippen molar-refractivity contribution < 1.29 is 14.1 Å². The Kier molecular flexibility index (Phi) is 12.7. The first kappa shape index (κ1) is 30.9. The lowest BCUT2D eigenvalue weighted by Gasteiger charge is -2.25. The summed E-state index contributed by atoms with van der Waals surface area (Å²) in [6.45, 7) is 6.18. The van der Waals surface area contributed by atoms with E-state index in [9.17, 15) is 9.59 Å². The van der Waals surface area contributed by atoms with Crippen LogP contribution in [0.2, 0.25) is 10.0 Å². The van der Waals surface area contributed by atoms with Crippen molar-refractivity contribution in [1.29, 1.82) is 0 Å². The van der Waals surface area contributed by atoms with Crippen molar-refractivity contribution in [2.24, 2.45) is 11.7 Å². The van der Waals surface area contributed by atoms with Crippen LogP contribution in [0.25, 0.3) is 11.3 Å². The average molecular weight is 588 g/mol. The zero-order valence-electron chi connectivity index (χ0n) is 20.8. The highest BCUT2D eigenvalue weighted by molar-refractivity contribution is 6.54. The van der Waals surface area contributed by atoms with Crippen molar-refractivity contribution >= 4 is 63.9 Å². The minimum atomic E-state index is -1.23. The van der Waals surface area contributed by atoms with Gasteiger partial charge in [-0.2, -0.15) is 0 Å². The number of nitrogens with one attached hydrogen (secondary N) is 1. The predicted molar refractivity (Wildman–Crippen MR) is 151 cm³/mol. The molecule has 2 atom stereocenters. The molecule has 3 rings (SSSR count). The van der Waals surface area contributed by atoms with Crippen molar-refractivity contribution in [3.8, 4) is 11.3 Å². The van der Waals surface area contributed by atoms with E-state index >= 15 is 0 Å². The summed E-state index contributed by atoms with van der Waals surface area (Å²) in [4.78, 5) is 24.8. The van der Waals surface area contributed by atoms with Crippen LogP contribution < -0.4 is 16.0 Å². The quantitative estimate of drug-likeness (QED) is 0.287. The van der Waals surface area contributed by atoms with Crippen LogP contribution in [0.5, 0.6) is 0 Å². The van der Waals surface area contributed by atoms with E-state index in [2.05, 4.69) is 10.5 Å². The number of amides is 2. The molecular weight excluding hydrogens is 558 g/mol. The molecule has 0 aliphatic rings. The Balaban J connectivity index is 0.000000449. The maximum absolute atomic E-state index is 12.5. The third kappa shape index (κ3) is 9.20. The minimum Gasteiger partial charge on any atom is -0.356 e. The van der Waals surface area contributed by atoms with Crippen LogP contribution in [-0.2, 0) is 9.59 Å². The lowest BCUT2D eigenvalue weighted by Crippen LogP contribution is -2.47. The number of alkyl halides is 2. The standard InChI is InChI=1S/C19H24Cl2N4O3.C7H6Cl2/c1-3-12(2)16(22)18(26)23-9-10-25(19(27)17(20)21)14-6-4-5-13(11-14)15-7-8-24-28-15;1-5-6(8)3-2-4-7(5)9/h4-8,11-12,16-17H,3,9-10,22H2,1-2H3,(H,23,26);2-4H,1H3. The van der Waals surface area contributed by atoms with E-state index in [0.717, 1.165) is 27.6 Å². The molecule has 0 aliphatic carbocycles. The van der Waals surface area contributed by atoms with E-state index < -0.39 is 16.8 Å². The van der Waals surface area contributed by atoms with E-state index in [0.29, 0.717) is 11.4 Å². The van der Waals surface area contributed by atoms with Crippen LogP contribution in [-0.4, -0.2) is 40.9 Å². The van der Waals surface area contributed by atoms with Gasteiger partial charge in [-0.1, -0.05) is 90.0 Å². The third-order valence-electron chi connectivity index (χ3n) is 5.73. The summed E-state index contributed by atoms with van der Waals surface area (Å²) < 4.78 is 5.16. The highest BCUT2D eigenvalue weighted by atomic mass is 35.5. The molecule has 37 heavy (non-hydrogen) atoms. The number of halogens is 4. The number of carbonyl (C=O) groups is 2. The molecule has 2 aromatic carbocycles. The van der Waals surface area contributed by atoms with Crippen LogP contribution in [0.1, 0.15) is 25.8 Å². The van der Waals surface area contributed by atoms with E-state index in [-0.39, 0.29) is 24.9 Å². The molecule has 0 bridgehead atoms. The Labute approximate surface area is 237 Å². The predicted octanol–water partition coefficient (Wildman–Crippen LogP) is 6.27. The molecular formula is C26H30Cl4N4O3. The average Bonchev–Trinajstić information content (AvgIpc) is 3.44. The van der Waals surface area contributed by atoms with Gasteiger partial charge in [0.1, 0.15) is 0 Å². The number of benzene rings is 2. The Hall–Kier alpha value is -2.29. The molecule has 0 aliphatic heterocycles. The fourth-order valence-corrected chi connectivity index (χ4v) is 3.81. The molecule has 0 saturated carbocycles. The largest absolute Gasteiger partial charge is 0.356 e. The van der Waals surface area contributed by atoms with Gasteiger partial charge < -0.3 is 20.5 Å². The van der Waals surface area contributed by atoms with Gasteiger partial charge in [-0.3, -0.25) is 9.59 Å². The molecule has 0 saturated heterocycles. The van der Waals surface area contributed by atoms with Gasteiger partial charge in [-0.05, 0) is 42.7 Å². The van der Waals surface area contributed by atoms with Gasteiger partial charge in [-0.15, -0.1) is 0 Å². The third-order valence-corrected chi connectivity index (χ3v) is 6.92. The van der Waals surface area contributed by atoms with Crippen LogP contribution in [0.4, 0.5) is 5.69 Å². The van der Waals surface area contributed by atoms with Crippen molar-refractivity contribution in [2.45, 2.75) is 38.1 Å². The molecule has 7 nitrogen and oxygen atoms in total. The lowest BCUT2D eigenvalue weighted by molar-refractivity contribution is -0.123. The van der Waals surface area contributed by atoms with E-state index in [4.69, 9.17) is 56.7 Å². The number of nitrogens with two attached hydrogens (primary N) is 1. The van der Waals surface area contributed by atoms with Crippen molar-refractivity contribution in [2.75, 3.05) is 18.0 Å². The number of carbonyl (C=O) groups excluding carboxylic acids is 2. The molecule has 200 valence electrons. The van der Waals surface area contributed by atoms with E-state index in [1.807, 2.05) is 45.0 Å². The highest BCUT2D eigenvalue weighted by Gasteiger charge is 2.24. The van der Waals surface area contributed by atoms with Gasteiger partial charge in [0.05, 0.1) is 12.2 Å². The molecule has 0 radical (unpaired) electrons. The summed E-state index contributed by atoms with van der Waals surface area (Å²) in [5.41, 5.74) is 8.20. The first-order chi connectivity index (χ1) is 17.6. The van der Waals surface area contributed by atoms with Gasteiger partial charge in [0.15, 0.2) is 10.6 Å². The van der Waals surface area contributed by atoms with Gasteiger partial charge in [0, 0.05) is 40.5 Å². The number of rotatable bonds is 9. The molecule has 0 spiro atoms. The summed E-state index contributed by atoms with van der Waals surface area (Å²) in [5.74, 6) is -0.120. The van der Waals surface area contributed by atoms with Gasteiger partial charge >= 0.3 is 0 Å². The normalized spacial score (nSPS) is 12.4. The zero-order valence-corrected chi connectivity index (χ0v) is 23.8. The van der Waals surface area contributed by atoms with Crippen LogP contribution >= 0.6 is 46.4 Å². The second-order valence-corrected chi connectivity index (χ2v) is 10.2. The van der Waals surface area contributed by atoms with Crippen molar-refractivity contribution in [3.05, 3.63) is 70.3 Å². The molecule has 11 heteroatoms. The summed E-state index contributed by atoms with van der Waals surface area (Å²) in [6, 6.07) is 13.7. The maximum Gasteiger partial charge on any atom is 0.260 e. The Morgan fingerprint density at radius 3 is 2.30 bits per heavy atom. The number of hydrogen-bond donors (Lipinski definition) is 2. The number of hydrogen-bond acceptors (Lipinski definition) is 5. The van der Waals surface area contributed by atoms with E-state index in [1.54, 1.807) is 24.3 Å². The first-order valence-electron chi connectivity index (χ1n) is 11.6. The number of nitrogens with zero attached hydrogens (tertiary/aromatic N) is 2. The first-order valence-corrected chi connectivity index (χ1v) is 13.2. The Bertz CT molecular complexity index is 1140. The monoisotopic (exact) mass is 586 g/mol. The molecule has 3 N–H and O–H groups in total. The molecule has 2 unspecified atom stereocenters. The topological polar surface area (TPSA) is 101 Å². The van der Waals surface area contributed by atoms with Gasteiger partial charge in [0.2, 0.25) is 5.91 Å². The Morgan fingerprint density at radius 2 is 1.76 bits per heavy atom. The SMILES string of the molecule is CCC(C)C(N)C(=O)NCCN(C(=O)C(Cl)Cl)c1cccc(-c2ccno2)c1.Cc1c(Cl)cccc1Cl. The number of anilines is 1. The second-order valence-electron chi connectivity index (χ2n) is 8.27. The molecule has 1 aromatic heterocycles. The minimum absolute atomic E-state index is 0.0615. The summed E-state index contributed by atoms with van der Waals surface area (Å²) >= 11 is 23.1. The van der Waals surface area contributed by atoms with Crippen LogP contribution in [0, 0.1) is 12.8 Å². The summed E-state index contributed by atoms with van der Waals surface area (Å²) in [5, 5.41) is 7.90. The fourth-order valence-electron chi connectivity index (χ4n) is 3.18. The van der Waals surface area contributed by atoms with Gasteiger partial charge in [0.25, 0.3) is 5.91 Å². The van der Waals surface area contributed by atoms with E-state index in [1.165, 1.54) is 11.1 Å². The van der Waals surface area contributed by atoms with Gasteiger partial charge in [-0.25, -0.2) is 0 Å².